The number of hydrogen-bond acceptors (Lipinski definition) is 4. The Bertz CT molecular complexity index is 344. The number of rotatable bonds is 4. The highest BCUT2D eigenvalue weighted by molar-refractivity contribution is 5.86. The van der Waals surface area contributed by atoms with Crippen LogP contribution in [-0.2, 0) is 16.1 Å². The van der Waals surface area contributed by atoms with Gasteiger partial charge >= 0.3 is 0 Å². The molecule has 88 valence electrons. The fraction of sp³-hybridized carbons (Fsp3) is 0.600. The molecule has 1 aromatic heterocycles. The van der Waals surface area contributed by atoms with Crippen LogP contribution in [0.1, 0.15) is 6.42 Å². The van der Waals surface area contributed by atoms with Crippen molar-refractivity contribution in [1.29, 1.82) is 0 Å². The highest BCUT2D eigenvalue weighted by Gasteiger charge is 2.37. The van der Waals surface area contributed by atoms with Crippen molar-refractivity contribution < 1.29 is 9.53 Å². The molecule has 1 aromatic rings. The molecule has 0 saturated carbocycles. The Kier molecular flexibility index (Phi) is 3.21. The van der Waals surface area contributed by atoms with Gasteiger partial charge in [0, 0.05) is 32.1 Å². The van der Waals surface area contributed by atoms with E-state index in [-0.39, 0.29) is 5.91 Å². The Morgan fingerprint density at radius 3 is 3.19 bits per heavy atom. The number of nitrogens with two attached hydrogens (primary N) is 1. The molecule has 1 aliphatic rings. The zero-order chi connectivity index (χ0) is 11.4. The normalized spacial score (nSPS) is 24.6. The number of carbonyl (C=O) groups is 1. The summed E-state index contributed by atoms with van der Waals surface area (Å²) in [7, 11) is 0. The molecule has 3 N–H and O–H groups in total. The van der Waals surface area contributed by atoms with Gasteiger partial charge in [0.25, 0.3) is 0 Å². The smallest absolute Gasteiger partial charge is 0.242 e. The third kappa shape index (κ3) is 2.40. The fourth-order valence-corrected chi connectivity index (χ4v) is 1.65. The Labute approximate surface area is 93.8 Å². The van der Waals surface area contributed by atoms with Crippen molar-refractivity contribution in [2.24, 2.45) is 5.73 Å². The summed E-state index contributed by atoms with van der Waals surface area (Å²) < 4.78 is 7.03. The minimum atomic E-state index is -0.838. The lowest BCUT2D eigenvalue weighted by atomic mass is 9.99. The van der Waals surface area contributed by atoms with Crippen molar-refractivity contribution in [3.05, 3.63) is 18.7 Å². The zero-order valence-electron chi connectivity index (χ0n) is 9.06. The average molecular weight is 224 g/mol. The van der Waals surface area contributed by atoms with E-state index in [1.165, 1.54) is 0 Å². The summed E-state index contributed by atoms with van der Waals surface area (Å²) in [5.74, 6) is -0.134. The second-order valence-corrected chi connectivity index (χ2v) is 4.02. The van der Waals surface area contributed by atoms with Crippen LogP contribution in [0, 0.1) is 0 Å². The largest absolute Gasteiger partial charge is 0.379 e. The maximum Gasteiger partial charge on any atom is 0.242 e. The predicted molar refractivity (Wildman–Crippen MR) is 57.6 cm³/mol. The van der Waals surface area contributed by atoms with Crippen LogP contribution < -0.4 is 11.1 Å². The molecule has 2 rings (SSSR count). The van der Waals surface area contributed by atoms with E-state index in [1.54, 1.807) is 12.5 Å². The molecule has 0 bridgehead atoms. The van der Waals surface area contributed by atoms with E-state index in [2.05, 4.69) is 10.3 Å². The third-order valence-corrected chi connectivity index (χ3v) is 2.72. The Hall–Kier alpha value is -1.40. The van der Waals surface area contributed by atoms with Crippen LogP contribution >= 0.6 is 0 Å². The number of amides is 1. The highest BCUT2D eigenvalue weighted by Crippen LogP contribution is 2.14. The second-order valence-electron chi connectivity index (χ2n) is 4.02. The Balaban J connectivity index is 1.75. The standard InChI is InChI=1S/C10H16N4O2/c11-10(1-6-16-7-10)9(15)13-3-5-14-4-2-12-8-14/h2,4,8H,1,3,5-7,11H2,(H,13,15). The molecule has 16 heavy (non-hydrogen) atoms. The van der Waals surface area contributed by atoms with Crippen LogP contribution in [0.15, 0.2) is 18.7 Å². The summed E-state index contributed by atoms with van der Waals surface area (Å²) in [6, 6.07) is 0. The van der Waals surface area contributed by atoms with Crippen LogP contribution in [0.25, 0.3) is 0 Å². The molecule has 0 aromatic carbocycles. The van der Waals surface area contributed by atoms with Crippen molar-refractivity contribution in [1.82, 2.24) is 14.9 Å². The minimum Gasteiger partial charge on any atom is -0.379 e. The molecule has 1 amide bonds. The molecule has 0 spiro atoms. The van der Waals surface area contributed by atoms with E-state index in [1.807, 2.05) is 10.8 Å². The van der Waals surface area contributed by atoms with Crippen LogP contribution in [0.4, 0.5) is 0 Å². The highest BCUT2D eigenvalue weighted by atomic mass is 16.5. The van der Waals surface area contributed by atoms with Crippen molar-refractivity contribution in [2.45, 2.75) is 18.5 Å². The predicted octanol–water partition coefficient (Wildman–Crippen LogP) is -0.883. The summed E-state index contributed by atoms with van der Waals surface area (Å²) in [4.78, 5) is 15.7. The quantitative estimate of drug-likeness (QED) is 0.695. The number of nitrogens with one attached hydrogen (secondary N) is 1. The van der Waals surface area contributed by atoms with Crippen LogP contribution in [0.5, 0.6) is 0 Å². The second kappa shape index (κ2) is 4.63. The van der Waals surface area contributed by atoms with Gasteiger partial charge in [-0.3, -0.25) is 4.79 Å². The fourth-order valence-electron chi connectivity index (χ4n) is 1.65. The monoisotopic (exact) mass is 224 g/mol. The van der Waals surface area contributed by atoms with Crippen molar-refractivity contribution in [3.8, 4) is 0 Å². The van der Waals surface area contributed by atoms with Gasteiger partial charge in [-0.15, -0.1) is 0 Å². The number of aromatic nitrogens is 2. The van der Waals surface area contributed by atoms with Crippen molar-refractivity contribution >= 4 is 5.91 Å². The molecular formula is C10H16N4O2. The summed E-state index contributed by atoms with van der Waals surface area (Å²) in [6.45, 7) is 2.12. The summed E-state index contributed by atoms with van der Waals surface area (Å²) >= 11 is 0. The maximum absolute atomic E-state index is 11.8. The number of nitrogens with zero attached hydrogens (tertiary/aromatic N) is 2. The van der Waals surface area contributed by atoms with E-state index in [4.69, 9.17) is 10.5 Å². The lowest BCUT2D eigenvalue weighted by molar-refractivity contribution is -0.126. The van der Waals surface area contributed by atoms with Crippen LogP contribution in [0.2, 0.25) is 0 Å². The SMILES string of the molecule is NC1(C(=O)NCCn2ccnc2)CCOC1. The Morgan fingerprint density at radius 1 is 1.69 bits per heavy atom. The van der Waals surface area contributed by atoms with Gasteiger partial charge in [0.05, 0.1) is 12.9 Å². The number of carbonyl (C=O) groups excluding carboxylic acids is 1. The molecule has 1 atom stereocenters. The summed E-state index contributed by atoms with van der Waals surface area (Å²) in [5.41, 5.74) is 5.07. The van der Waals surface area contributed by atoms with E-state index >= 15 is 0 Å². The number of imidazole rings is 1. The topological polar surface area (TPSA) is 82.2 Å². The van der Waals surface area contributed by atoms with Crippen LogP contribution in [-0.4, -0.2) is 40.8 Å². The van der Waals surface area contributed by atoms with Crippen molar-refractivity contribution in [2.75, 3.05) is 19.8 Å². The van der Waals surface area contributed by atoms with Gasteiger partial charge < -0.3 is 20.4 Å². The van der Waals surface area contributed by atoms with Gasteiger partial charge in [0.1, 0.15) is 5.54 Å². The molecule has 6 heteroatoms. The first-order valence-electron chi connectivity index (χ1n) is 5.31. The van der Waals surface area contributed by atoms with E-state index in [9.17, 15) is 4.79 Å². The lowest BCUT2D eigenvalue weighted by Crippen LogP contribution is -2.54. The average Bonchev–Trinajstić information content (AvgIpc) is 2.90. The summed E-state index contributed by atoms with van der Waals surface area (Å²) in [5, 5.41) is 2.81. The lowest BCUT2D eigenvalue weighted by Gasteiger charge is -2.20. The van der Waals surface area contributed by atoms with Crippen LogP contribution in [0.3, 0.4) is 0 Å². The zero-order valence-corrected chi connectivity index (χ0v) is 9.06. The van der Waals surface area contributed by atoms with Gasteiger partial charge in [-0.25, -0.2) is 4.98 Å². The van der Waals surface area contributed by atoms with Gasteiger partial charge in [0.2, 0.25) is 5.91 Å². The molecule has 1 saturated heterocycles. The number of ether oxygens (including phenoxy) is 1. The van der Waals surface area contributed by atoms with E-state index in [0.29, 0.717) is 32.7 Å². The molecule has 2 heterocycles. The molecule has 1 unspecified atom stereocenters. The molecular weight excluding hydrogens is 208 g/mol. The first-order chi connectivity index (χ1) is 7.71. The first-order valence-corrected chi connectivity index (χ1v) is 5.31. The van der Waals surface area contributed by atoms with Gasteiger partial charge in [0.15, 0.2) is 0 Å². The Morgan fingerprint density at radius 2 is 2.56 bits per heavy atom. The molecule has 0 aliphatic carbocycles. The number of hydrogen-bond donors (Lipinski definition) is 2. The molecule has 1 fully saturated rings. The van der Waals surface area contributed by atoms with Crippen molar-refractivity contribution in [3.63, 3.8) is 0 Å². The summed E-state index contributed by atoms with van der Waals surface area (Å²) in [6.07, 6.45) is 5.85. The van der Waals surface area contributed by atoms with E-state index < -0.39 is 5.54 Å². The third-order valence-electron chi connectivity index (χ3n) is 2.72. The van der Waals surface area contributed by atoms with Gasteiger partial charge in [-0.2, -0.15) is 0 Å². The minimum absolute atomic E-state index is 0.134. The molecule has 0 radical (unpaired) electrons. The first kappa shape index (κ1) is 11.1. The van der Waals surface area contributed by atoms with Gasteiger partial charge in [-0.05, 0) is 6.42 Å². The molecule has 1 aliphatic heterocycles. The molecule has 6 nitrogen and oxygen atoms in total. The van der Waals surface area contributed by atoms with Gasteiger partial charge in [-0.1, -0.05) is 0 Å². The van der Waals surface area contributed by atoms with E-state index in [0.717, 1.165) is 0 Å². The maximum atomic E-state index is 11.8.